The third-order valence-electron chi connectivity index (χ3n) is 7.11. The van der Waals surface area contributed by atoms with Gasteiger partial charge in [0.15, 0.2) is 0 Å². The van der Waals surface area contributed by atoms with Crippen molar-refractivity contribution in [1.82, 2.24) is 14.9 Å². The van der Waals surface area contributed by atoms with Gasteiger partial charge in [0, 0.05) is 23.4 Å². The molecule has 184 valence electrons. The van der Waals surface area contributed by atoms with Crippen LogP contribution in [0.2, 0.25) is 0 Å². The largest absolute Gasteiger partial charge is 0.363 e. The minimum Gasteiger partial charge on any atom is -0.363 e. The average Bonchev–Trinajstić information content (AvgIpc) is 3.25. The molecular formula is C27H26F2N6O. The van der Waals surface area contributed by atoms with E-state index in [4.69, 9.17) is 4.98 Å². The Hall–Kier alpha value is -3.90. The lowest BCUT2D eigenvalue weighted by atomic mass is 9.76. The molecule has 3 heterocycles. The van der Waals surface area contributed by atoms with Crippen molar-refractivity contribution in [2.24, 2.45) is 0 Å². The Balaban J connectivity index is 1.62. The minimum absolute atomic E-state index is 0.0249. The van der Waals surface area contributed by atoms with Gasteiger partial charge in [0.2, 0.25) is 5.91 Å². The molecule has 0 unspecified atom stereocenters. The van der Waals surface area contributed by atoms with E-state index >= 15 is 0 Å². The van der Waals surface area contributed by atoms with Gasteiger partial charge in [0.1, 0.15) is 34.8 Å². The number of nitrogens with one attached hydrogen (secondary N) is 1. The predicted octanol–water partition coefficient (Wildman–Crippen LogP) is 4.23. The predicted molar refractivity (Wildman–Crippen MR) is 131 cm³/mol. The number of nitrogens with zero attached hydrogens (tertiary/aromatic N) is 5. The highest BCUT2D eigenvalue weighted by Gasteiger charge is 2.53. The Bertz CT molecular complexity index is 1390. The summed E-state index contributed by atoms with van der Waals surface area (Å²) in [7, 11) is 1.97. The Morgan fingerprint density at radius 1 is 1.17 bits per heavy atom. The molecule has 1 N–H and O–H groups in total. The second-order valence-electron chi connectivity index (χ2n) is 9.57. The third-order valence-corrected chi connectivity index (χ3v) is 7.11. The van der Waals surface area contributed by atoms with Crippen molar-refractivity contribution in [2.75, 3.05) is 30.4 Å². The topological polar surface area (TPSA) is 85.1 Å². The molecule has 1 aromatic heterocycles. The van der Waals surface area contributed by atoms with Gasteiger partial charge in [-0.2, -0.15) is 5.26 Å². The van der Waals surface area contributed by atoms with E-state index in [2.05, 4.69) is 15.2 Å². The number of anilines is 2. The second kappa shape index (κ2) is 8.95. The van der Waals surface area contributed by atoms with Crippen molar-refractivity contribution in [3.8, 4) is 6.07 Å². The molecule has 5 rings (SSSR count). The molecule has 1 saturated heterocycles. The first-order valence-electron chi connectivity index (χ1n) is 11.8. The first-order valence-corrected chi connectivity index (χ1v) is 11.8. The number of benzene rings is 2. The van der Waals surface area contributed by atoms with Crippen LogP contribution in [0.5, 0.6) is 0 Å². The van der Waals surface area contributed by atoms with E-state index in [1.807, 2.05) is 13.1 Å². The van der Waals surface area contributed by atoms with Gasteiger partial charge < -0.3 is 15.1 Å². The summed E-state index contributed by atoms with van der Waals surface area (Å²) >= 11 is 0. The summed E-state index contributed by atoms with van der Waals surface area (Å²) in [5.74, 6) is -0.00452. The highest BCUT2D eigenvalue weighted by atomic mass is 19.1. The summed E-state index contributed by atoms with van der Waals surface area (Å²) in [6.45, 7) is 5.00. The normalized spacial score (nSPS) is 20.3. The fraction of sp³-hybridized carbons (Fsp3) is 0.333. The van der Waals surface area contributed by atoms with Gasteiger partial charge in [-0.1, -0.05) is 12.1 Å². The van der Waals surface area contributed by atoms with E-state index in [-0.39, 0.29) is 23.8 Å². The average molecular weight is 489 g/mol. The summed E-state index contributed by atoms with van der Waals surface area (Å²) in [6.07, 6.45) is 0.595. The van der Waals surface area contributed by atoms with E-state index in [0.29, 0.717) is 41.6 Å². The molecule has 1 fully saturated rings. The number of carbonyl (C=O) groups excluding carboxylic acids is 1. The number of rotatable bonds is 4. The van der Waals surface area contributed by atoms with Crippen LogP contribution in [-0.4, -0.2) is 40.9 Å². The zero-order chi connectivity index (χ0) is 25.6. The van der Waals surface area contributed by atoms with E-state index in [9.17, 15) is 18.8 Å². The molecule has 2 aliphatic heterocycles. The van der Waals surface area contributed by atoms with Gasteiger partial charge in [-0.3, -0.25) is 4.79 Å². The number of halogens is 2. The smallest absolute Gasteiger partial charge is 0.240 e. The molecule has 2 aromatic carbocycles. The van der Waals surface area contributed by atoms with Crippen LogP contribution in [0.25, 0.3) is 0 Å². The lowest BCUT2D eigenvalue weighted by Gasteiger charge is -2.40. The van der Waals surface area contributed by atoms with Crippen LogP contribution in [0.3, 0.4) is 0 Å². The molecule has 9 heteroatoms. The van der Waals surface area contributed by atoms with E-state index < -0.39 is 17.3 Å². The molecule has 7 nitrogen and oxygen atoms in total. The number of hydrogen-bond donors (Lipinski definition) is 1. The van der Waals surface area contributed by atoms with E-state index in [1.54, 1.807) is 43.0 Å². The number of carbonyl (C=O) groups is 1. The van der Waals surface area contributed by atoms with Crippen molar-refractivity contribution in [1.29, 1.82) is 5.26 Å². The van der Waals surface area contributed by atoms with Crippen LogP contribution in [0, 0.1) is 29.9 Å². The molecule has 0 radical (unpaired) electrons. The van der Waals surface area contributed by atoms with Crippen LogP contribution in [0.15, 0.2) is 42.5 Å². The van der Waals surface area contributed by atoms with Crippen LogP contribution < -0.4 is 10.2 Å². The number of likely N-dealkylation sites (tertiary alicyclic amines) is 1. The van der Waals surface area contributed by atoms with E-state index in [1.165, 1.54) is 18.2 Å². The van der Waals surface area contributed by atoms with Crippen molar-refractivity contribution in [3.05, 3.63) is 82.3 Å². The summed E-state index contributed by atoms with van der Waals surface area (Å²) in [4.78, 5) is 27.1. The summed E-state index contributed by atoms with van der Waals surface area (Å²) in [5, 5.41) is 12.6. The highest BCUT2D eigenvalue weighted by Crippen LogP contribution is 2.44. The molecule has 1 spiro atoms. The third kappa shape index (κ3) is 3.88. The standard InChI is InChI=1S/C27H26F2N6O/c1-16(21-6-4-5-18(13-30)23(21)29)31-25-22-14-35(20-9-7-19(28)8-10-20)26(36)27(11-12-34(3)15-27)24(22)32-17(2)33-25/h4-10,16H,11-12,14-15H2,1-3H3,(H,31,32,33)/t16-,27-/m1/s1. The minimum atomic E-state index is -0.865. The molecule has 2 atom stereocenters. The number of likely N-dealkylation sites (N-methyl/N-ethyl adjacent to an activating group) is 1. The Labute approximate surface area is 208 Å². The quantitative estimate of drug-likeness (QED) is 0.592. The van der Waals surface area contributed by atoms with Gasteiger partial charge in [-0.25, -0.2) is 18.7 Å². The maximum atomic E-state index is 14.9. The number of amides is 1. The Morgan fingerprint density at radius 2 is 1.92 bits per heavy atom. The molecular weight excluding hydrogens is 462 g/mol. The molecule has 0 aliphatic carbocycles. The number of nitriles is 1. The van der Waals surface area contributed by atoms with E-state index in [0.717, 1.165) is 12.1 Å². The van der Waals surface area contributed by atoms with Crippen LogP contribution in [0.1, 0.15) is 47.6 Å². The lowest BCUT2D eigenvalue weighted by Crippen LogP contribution is -2.53. The molecule has 3 aromatic rings. The zero-order valence-electron chi connectivity index (χ0n) is 20.3. The zero-order valence-corrected chi connectivity index (χ0v) is 20.3. The van der Waals surface area contributed by atoms with Crippen molar-refractivity contribution >= 4 is 17.4 Å². The fourth-order valence-corrected chi connectivity index (χ4v) is 5.30. The van der Waals surface area contributed by atoms with Gasteiger partial charge in [-0.15, -0.1) is 0 Å². The van der Waals surface area contributed by atoms with Crippen molar-refractivity contribution in [2.45, 2.75) is 38.3 Å². The van der Waals surface area contributed by atoms with Crippen molar-refractivity contribution in [3.63, 3.8) is 0 Å². The summed E-state index contributed by atoms with van der Waals surface area (Å²) in [6, 6.07) is 12.0. The molecule has 36 heavy (non-hydrogen) atoms. The molecule has 2 aliphatic rings. The van der Waals surface area contributed by atoms with Gasteiger partial charge >= 0.3 is 0 Å². The monoisotopic (exact) mass is 488 g/mol. The number of hydrogen-bond acceptors (Lipinski definition) is 6. The fourth-order valence-electron chi connectivity index (χ4n) is 5.30. The molecule has 0 bridgehead atoms. The maximum Gasteiger partial charge on any atom is 0.240 e. The maximum absolute atomic E-state index is 14.9. The van der Waals surface area contributed by atoms with Crippen LogP contribution in [-0.2, 0) is 16.8 Å². The number of aromatic nitrogens is 2. The van der Waals surface area contributed by atoms with Crippen LogP contribution >= 0.6 is 0 Å². The first kappa shape index (κ1) is 23.8. The second-order valence-corrected chi connectivity index (χ2v) is 9.57. The Kier molecular flexibility index (Phi) is 5.92. The number of fused-ring (bicyclic) bond motifs is 2. The SMILES string of the molecule is Cc1nc(N[C@H](C)c2cccc(C#N)c2F)c2c(n1)[C@]1(CCN(C)C1)C(=O)N(c1ccc(F)cc1)C2. The van der Waals surface area contributed by atoms with Gasteiger partial charge in [0.25, 0.3) is 0 Å². The molecule has 0 saturated carbocycles. The summed E-state index contributed by atoms with van der Waals surface area (Å²) in [5.41, 5.74) is 1.48. The number of aryl methyl sites for hydroxylation is 1. The van der Waals surface area contributed by atoms with Gasteiger partial charge in [-0.05, 0) is 64.2 Å². The van der Waals surface area contributed by atoms with Crippen molar-refractivity contribution < 1.29 is 13.6 Å². The lowest BCUT2D eigenvalue weighted by molar-refractivity contribution is -0.124. The van der Waals surface area contributed by atoms with Crippen LogP contribution in [0.4, 0.5) is 20.3 Å². The first-order chi connectivity index (χ1) is 17.2. The highest BCUT2D eigenvalue weighted by molar-refractivity contribution is 6.03. The van der Waals surface area contributed by atoms with Gasteiger partial charge in [0.05, 0.1) is 23.8 Å². The summed E-state index contributed by atoms with van der Waals surface area (Å²) < 4.78 is 28.6. The Morgan fingerprint density at radius 3 is 2.58 bits per heavy atom. The molecule has 1 amide bonds.